The van der Waals surface area contributed by atoms with E-state index in [1.807, 2.05) is 13.0 Å². The molecule has 0 atom stereocenters. The molecule has 1 aromatic carbocycles. The molecule has 0 aliphatic heterocycles. The average molecular weight is 328 g/mol. The Hall–Kier alpha value is -1.60. The van der Waals surface area contributed by atoms with Gasteiger partial charge in [-0.15, -0.1) is 0 Å². The maximum atomic E-state index is 5.46. The van der Waals surface area contributed by atoms with Gasteiger partial charge >= 0.3 is 0 Å². The van der Waals surface area contributed by atoms with Gasteiger partial charge in [-0.1, -0.05) is 21.1 Å². The van der Waals surface area contributed by atoms with Gasteiger partial charge in [0.05, 0.1) is 26.3 Å². The molecule has 0 aliphatic carbocycles. The average Bonchev–Trinajstić information content (AvgIpc) is 2.89. The van der Waals surface area contributed by atoms with Crippen LogP contribution in [0.25, 0.3) is 11.4 Å². The highest BCUT2D eigenvalue weighted by Crippen LogP contribution is 2.42. The van der Waals surface area contributed by atoms with Crippen LogP contribution in [-0.2, 0) is 6.54 Å². The Morgan fingerprint density at radius 2 is 2.00 bits per heavy atom. The van der Waals surface area contributed by atoms with Crippen LogP contribution in [0.3, 0.4) is 0 Å². The van der Waals surface area contributed by atoms with E-state index in [0.717, 1.165) is 10.0 Å². The van der Waals surface area contributed by atoms with E-state index in [1.165, 1.54) is 0 Å². The van der Waals surface area contributed by atoms with Gasteiger partial charge in [-0.05, 0) is 13.0 Å². The van der Waals surface area contributed by atoms with E-state index < -0.39 is 0 Å². The minimum atomic E-state index is 0.194. The maximum absolute atomic E-state index is 5.46. The number of rotatable bonds is 4. The lowest BCUT2D eigenvalue weighted by Crippen LogP contribution is -1.98. The fourth-order valence-corrected chi connectivity index (χ4v) is 2.17. The van der Waals surface area contributed by atoms with Gasteiger partial charge in [0, 0.05) is 10.0 Å². The number of methoxy groups -OCH3 is 2. The third-order valence-electron chi connectivity index (χ3n) is 2.71. The standard InChI is InChI=1S/C12H14BrN3O3/c1-6-8(13)4-7(11(18-3)10(6)17-2)12-15-9(5-14)19-16-12/h4H,5,14H2,1-3H3. The molecule has 7 heteroatoms. The first-order valence-corrected chi connectivity index (χ1v) is 6.35. The summed E-state index contributed by atoms with van der Waals surface area (Å²) in [7, 11) is 3.15. The van der Waals surface area contributed by atoms with Crippen molar-refractivity contribution in [2.45, 2.75) is 13.5 Å². The summed E-state index contributed by atoms with van der Waals surface area (Å²) in [5.74, 6) is 1.97. The molecule has 0 spiro atoms. The van der Waals surface area contributed by atoms with Gasteiger partial charge < -0.3 is 19.7 Å². The van der Waals surface area contributed by atoms with Gasteiger partial charge in [0.1, 0.15) is 0 Å². The van der Waals surface area contributed by atoms with Gasteiger partial charge in [-0.25, -0.2) is 0 Å². The van der Waals surface area contributed by atoms with Crippen molar-refractivity contribution in [3.05, 3.63) is 22.0 Å². The van der Waals surface area contributed by atoms with Gasteiger partial charge in [0.25, 0.3) is 0 Å². The summed E-state index contributed by atoms with van der Waals surface area (Å²) in [5, 5.41) is 3.89. The van der Waals surface area contributed by atoms with Gasteiger partial charge in [-0.2, -0.15) is 4.98 Å². The normalized spacial score (nSPS) is 10.6. The first-order chi connectivity index (χ1) is 9.12. The van der Waals surface area contributed by atoms with E-state index in [1.54, 1.807) is 14.2 Å². The summed E-state index contributed by atoms with van der Waals surface area (Å²) in [6.07, 6.45) is 0. The van der Waals surface area contributed by atoms with Crippen molar-refractivity contribution in [1.29, 1.82) is 0 Å². The molecule has 2 N–H and O–H groups in total. The second-order valence-corrected chi connectivity index (χ2v) is 4.67. The van der Waals surface area contributed by atoms with E-state index in [9.17, 15) is 0 Å². The summed E-state index contributed by atoms with van der Waals surface area (Å²) < 4.78 is 16.7. The molecule has 0 bridgehead atoms. The Labute approximate surface area is 119 Å². The first kappa shape index (κ1) is 13.8. The van der Waals surface area contributed by atoms with Gasteiger partial charge in [0.2, 0.25) is 11.7 Å². The summed E-state index contributed by atoms with van der Waals surface area (Å²) in [4.78, 5) is 4.19. The first-order valence-electron chi connectivity index (χ1n) is 5.56. The third kappa shape index (κ3) is 2.43. The quantitative estimate of drug-likeness (QED) is 0.927. The number of nitrogens with two attached hydrogens (primary N) is 1. The zero-order chi connectivity index (χ0) is 14.0. The summed E-state index contributed by atoms with van der Waals surface area (Å²) in [6, 6.07) is 1.86. The molecule has 2 aromatic rings. The number of hydrogen-bond acceptors (Lipinski definition) is 6. The van der Waals surface area contributed by atoms with Crippen LogP contribution in [0.4, 0.5) is 0 Å². The molecule has 0 aliphatic rings. The molecule has 1 heterocycles. The van der Waals surface area contributed by atoms with E-state index >= 15 is 0 Å². The molecule has 102 valence electrons. The third-order valence-corrected chi connectivity index (χ3v) is 3.54. The van der Waals surface area contributed by atoms with Crippen LogP contribution < -0.4 is 15.2 Å². The minimum absolute atomic E-state index is 0.194. The molecule has 0 amide bonds. The Balaban J connectivity index is 2.65. The van der Waals surface area contributed by atoms with Crippen LogP contribution in [0.2, 0.25) is 0 Å². The number of hydrogen-bond donors (Lipinski definition) is 1. The van der Waals surface area contributed by atoms with E-state index in [4.69, 9.17) is 19.7 Å². The Morgan fingerprint density at radius 1 is 1.32 bits per heavy atom. The number of aromatic nitrogens is 2. The lowest BCUT2D eigenvalue weighted by Gasteiger charge is -2.14. The molecule has 0 saturated heterocycles. The number of nitrogens with zero attached hydrogens (tertiary/aromatic N) is 2. The zero-order valence-electron chi connectivity index (χ0n) is 10.9. The summed E-state index contributed by atoms with van der Waals surface area (Å²) in [6.45, 7) is 2.12. The fraction of sp³-hybridized carbons (Fsp3) is 0.333. The smallest absolute Gasteiger partial charge is 0.240 e. The SMILES string of the molecule is COc1c(-c2noc(CN)n2)cc(Br)c(C)c1OC. The van der Waals surface area contributed by atoms with Crippen LogP contribution in [0, 0.1) is 6.92 Å². The highest BCUT2D eigenvalue weighted by Gasteiger charge is 2.20. The van der Waals surface area contributed by atoms with Crippen LogP contribution in [0.15, 0.2) is 15.1 Å². The number of benzene rings is 1. The van der Waals surface area contributed by atoms with Crippen molar-refractivity contribution in [3.8, 4) is 22.9 Å². The van der Waals surface area contributed by atoms with Crippen LogP contribution >= 0.6 is 15.9 Å². The van der Waals surface area contributed by atoms with Crippen molar-refractivity contribution in [2.24, 2.45) is 5.73 Å². The molecular formula is C12H14BrN3O3. The zero-order valence-corrected chi connectivity index (χ0v) is 12.4. The number of halogens is 1. The van der Waals surface area contributed by atoms with E-state index in [-0.39, 0.29) is 6.54 Å². The fourth-order valence-electron chi connectivity index (χ4n) is 1.76. The molecular weight excluding hydrogens is 314 g/mol. The van der Waals surface area contributed by atoms with Crippen molar-refractivity contribution < 1.29 is 14.0 Å². The van der Waals surface area contributed by atoms with Crippen molar-refractivity contribution >= 4 is 15.9 Å². The molecule has 19 heavy (non-hydrogen) atoms. The second kappa shape index (κ2) is 5.58. The molecule has 0 radical (unpaired) electrons. The maximum Gasteiger partial charge on any atom is 0.240 e. The highest BCUT2D eigenvalue weighted by atomic mass is 79.9. The Morgan fingerprint density at radius 3 is 2.53 bits per heavy atom. The van der Waals surface area contributed by atoms with Crippen molar-refractivity contribution in [2.75, 3.05) is 14.2 Å². The summed E-state index contributed by atoms with van der Waals surface area (Å²) >= 11 is 3.48. The van der Waals surface area contributed by atoms with Crippen molar-refractivity contribution in [3.63, 3.8) is 0 Å². The molecule has 0 unspecified atom stereocenters. The second-order valence-electron chi connectivity index (χ2n) is 3.81. The monoisotopic (exact) mass is 327 g/mol. The van der Waals surface area contributed by atoms with E-state index in [2.05, 4.69) is 26.1 Å². The van der Waals surface area contributed by atoms with Gasteiger partial charge in [0.15, 0.2) is 11.5 Å². The number of ether oxygens (including phenoxy) is 2. The Bertz CT molecular complexity index is 598. The topological polar surface area (TPSA) is 83.4 Å². The van der Waals surface area contributed by atoms with E-state index in [0.29, 0.717) is 28.8 Å². The molecule has 6 nitrogen and oxygen atoms in total. The molecule has 0 fully saturated rings. The predicted molar refractivity (Wildman–Crippen MR) is 73.2 cm³/mol. The minimum Gasteiger partial charge on any atom is -0.493 e. The summed E-state index contributed by atoms with van der Waals surface area (Å²) in [5.41, 5.74) is 7.08. The molecule has 0 saturated carbocycles. The molecule has 2 rings (SSSR count). The van der Waals surface area contributed by atoms with Crippen LogP contribution in [0.1, 0.15) is 11.5 Å². The Kier molecular flexibility index (Phi) is 4.06. The molecule has 1 aromatic heterocycles. The predicted octanol–water partition coefficient (Wildman–Crippen LogP) is 2.28. The van der Waals surface area contributed by atoms with Gasteiger partial charge in [-0.3, -0.25) is 0 Å². The van der Waals surface area contributed by atoms with Crippen LogP contribution in [-0.4, -0.2) is 24.4 Å². The lowest BCUT2D eigenvalue weighted by atomic mass is 10.1. The van der Waals surface area contributed by atoms with Crippen LogP contribution in [0.5, 0.6) is 11.5 Å². The highest BCUT2D eigenvalue weighted by molar-refractivity contribution is 9.10. The van der Waals surface area contributed by atoms with Crippen molar-refractivity contribution in [1.82, 2.24) is 10.1 Å². The largest absolute Gasteiger partial charge is 0.493 e. The lowest BCUT2D eigenvalue weighted by molar-refractivity contribution is 0.353.